The van der Waals surface area contributed by atoms with Gasteiger partial charge in [-0.15, -0.1) is 0 Å². The van der Waals surface area contributed by atoms with Crippen molar-refractivity contribution >= 4 is 23.1 Å². The van der Waals surface area contributed by atoms with Gasteiger partial charge < -0.3 is 0 Å². The molecule has 1 aromatic rings. The number of hydrogen-bond acceptors (Lipinski definition) is 2. The van der Waals surface area contributed by atoms with Gasteiger partial charge in [0.15, 0.2) is 5.78 Å². The lowest BCUT2D eigenvalue weighted by molar-refractivity contribution is -0.120. The number of halogens is 1. The van der Waals surface area contributed by atoms with Crippen molar-refractivity contribution in [2.45, 2.75) is 58.4 Å². The molecule has 0 N–H and O–H groups in total. The summed E-state index contributed by atoms with van der Waals surface area (Å²) in [5.74, 6) is 0.971. The highest BCUT2D eigenvalue weighted by atomic mass is 35.5. The smallest absolute Gasteiger partial charge is 0.161 e. The highest BCUT2D eigenvalue weighted by Gasteiger charge is 2.31. The monoisotopic (exact) mass is 317 g/mol. The molecule has 1 aliphatic carbocycles. The van der Waals surface area contributed by atoms with E-state index in [0.29, 0.717) is 12.3 Å². The molecule has 1 atom stereocenters. The molecule has 118 valence electrons. The quantitative estimate of drug-likeness (QED) is 0.766. The van der Waals surface area contributed by atoms with Crippen LogP contribution in [0.5, 0.6) is 0 Å². The van der Waals surface area contributed by atoms with Gasteiger partial charge in [0, 0.05) is 28.6 Å². The summed E-state index contributed by atoms with van der Waals surface area (Å²) >= 11 is 6.23. The van der Waals surface area contributed by atoms with Gasteiger partial charge in [0.1, 0.15) is 6.04 Å². The predicted molar refractivity (Wildman–Crippen MR) is 91.9 cm³/mol. The maximum absolute atomic E-state index is 12.6. The fourth-order valence-electron chi connectivity index (χ4n) is 3.75. The average Bonchev–Trinajstić information content (AvgIpc) is 2.64. The van der Waals surface area contributed by atoms with Gasteiger partial charge in [-0.1, -0.05) is 50.8 Å². The van der Waals surface area contributed by atoms with Crippen LogP contribution in [0.25, 0.3) is 0 Å². The van der Waals surface area contributed by atoms with Crippen LogP contribution in [0, 0.1) is 11.8 Å². The van der Waals surface area contributed by atoms with Crippen LogP contribution in [0.4, 0.5) is 0 Å². The van der Waals surface area contributed by atoms with E-state index in [4.69, 9.17) is 16.6 Å². The predicted octanol–water partition coefficient (Wildman–Crippen LogP) is 4.86. The van der Waals surface area contributed by atoms with Crippen LogP contribution in [0.1, 0.15) is 57.1 Å². The Labute approximate surface area is 138 Å². The van der Waals surface area contributed by atoms with Gasteiger partial charge in [0.2, 0.25) is 0 Å². The third-order valence-electron chi connectivity index (χ3n) is 4.94. The second-order valence-corrected chi connectivity index (χ2v) is 7.42. The van der Waals surface area contributed by atoms with Crippen molar-refractivity contribution in [3.8, 4) is 0 Å². The zero-order valence-electron chi connectivity index (χ0n) is 13.4. The first kappa shape index (κ1) is 15.7. The van der Waals surface area contributed by atoms with Crippen molar-refractivity contribution in [3.05, 3.63) is 34.3 Å². The van der Waals surface area contributed by atoms with Crippen molar-refractivity contribution in [2.75, 3.05) is 0 Å². The lowest BCUT2D eigenvalue weighted by Gasteiger charge is -2.25. The molecule has 1 heterocycles. The topological polar surface area (TPSA) is 29.4 Å². The van der Waals surface area contributed by atoms with Crippen molar-refractivity contribution in [3.63, 3.8) is 0 Å². The molecule has 0 unspecified atom stereocenters. The second kappa shape index (κ2) is 6.54. The zero-order chi connectivity index (χ0) is 15.7. The number of fused-ring (bicyclic) bond motifs is 1. The van der Waals surface area contributed by atoms with E-state index in [2.05, 4.69) is 13.8 Å². The normalized spacial score (nSPS) is 23.2. The SMILES string of the molecule is CC(C)[C@@H]1N=C(C2CCCCC2)c2cc(Cl)ccc2CC1=O. The maximum Gasteiger partial charge on any atom is 0.161 e. The molecule has 1 aliphatic heterocycles. The van der Waals surface area contributed by atoms with E-state index in [1.807, 2.05) is 18.2 Å². The number of Topliss-reactive ketones (excluding diaryl/α,β-unsaturated/α-hetero) is 1. The van der Waals surface area contributed by atoms with Crippen LogP contribution in [-0.2, 0) is 11.2 Å². The van der Waals surface area contributed by atoms with Crippen LogP contribution in [0.2, 0.25) is 5.02 Å². The summed E-state index contributed by atoms with van der Waals surface area (Å²) in [5.41, 5.74) is 3.36. The molecule has 3 heteroatoms. The minimum Gasteiger partial charge on any atom is -0.297 e. The van der Waals surface area contributed by atoms with Gasteiger partial charge in [0.25, 0.3) is 0 Å². The Kier molecular flexibility index (Phi) is 4.67. The molecule has 1 saturated carbocycles. The van der Waals surface area contributed by atoms with E-state index < -0.39 is 0 Å². The fraction of sp³-hybridized carbons (Fsp3) is 0.579. The minimum absolute atomic E-state index is 0.205. The number of carbonyl (C=O) groups excluding carboxylic acids is 1. The Bertz CT molecular complexity index is 599. The standard InChI is InChI=1S/C19H24ClNO/c1-12(2)18-17(22)10-14-8-9-15(20)11-16(14)19(21-18)13-6-4-3-5-7-13/h8-9,11-13,18H,3-7,10H2,1-2H3/t18-/m0/s1. The summed E-state index contributed by atoms with van der Waals surface area (Å²) in [5, 5.41) is 0.734. The summed E-state index contributed by atoms with van der Waals surface area (Å²) in [6.07, 6.45) is 6.70. The fourth-order valence-corrected chi connectivity index (χ4v) is 3.92. The number of hydrogen-bond donors (Lipinski definition) is 0. The van der Waals surface area contributed by atoms with E-state index in [9.17, 15) is 4.79 Å². The van der Waals surface area contributed by atoms with Crippen LogP contribution in [-0.4, -0.2) is 17.5 Å². The summed E-state index contributed by atoms with van der Waals surface area (Å²) in [6, 6.07) is 5.71. The maximum atomic E-state index is 12.6. The third kappa shape index (κ3) is 3.12. The molecule has 2 aliphatic rings. The van der Waals surface area contributed by atoms with Gasteiger partial charge in [-0.05, 0) is 36.5 Å². The second-order valence-electron chi connectivity index (χ2n) is 6.98. The molecule has 0 bridgehead atoms. The first-order valence-corrected chi connectivity index (χ1v) is 8.83. The Balaban J connectivity index is 2.09. The molecule has 1 aromatic carbocycles. The van der Waals surface area contributed by atoms with E-state index in [-0.39, 0.29) is 17.7 Å². The molecule has 1 fully saturated rings. The Morgan fingerprint density at radius 2 is 1.91 bits per heavy atom. The Morgan fingerprint density at radius 3 is 2.59 bits per heavy atom. The molecule has 0 spiro atoms. The van der Waals surface area contributed by atoms with E-state index >= 15 is 0 Å². The molecule has 0 radical (unpaired) electrons. The number of nitrogens with zero attached hydrogens (tertiary/aromatic N) is 1. The number of carbonyl (C=O) groups is 1. The van der Waals surface area contributed by atoms with E-state index in [0.717, 1.165) is 21.9 Å². The van der Waals surface area contributed by atoms with Crippen molar-refractivity contribution < 1.29 is 4.79 Å². The highest BCUT2D eigenvalue weighted by Crippen LogP contribution is 2.32. The number of rotatable bonds is 2. The summed E-state index contributed by atoms with van der Waals surface area (Å²) in [4.78, 5) is 17.6. The number of ketones is 1. The lowest BCUT2D eigenvalue weighted by atomic mass is 9.82. The minimum atomic E-state index is -0.205. The van der Waals surface area contributed by atoms with Gasteiger partial charge in [-0.25, -0.2) is 0 Å². The molecule has 22 heavy (non-hydrogen) atoms. The van der Waals surface area contributed by atoms with Gasteiger partial charge in [-0.3, -0.25) is 9.79 Å². The van der Waals surface area contributed by atoms with E-state index in [1.54, 1.807) is 0 Å². The number of aliphatic imine (C=N–C) groups is 1. The van der Waals surface area contributed by atoms with Gasteiger partial charge in [-0.2, -0.15) is 0 Å². The first-order chi connectivity index (χ1) is 10.6. The summed E-state index contributed by atoms with van der Waals surface area (Å²) in [6.45, 7) is 4.18. The molecule has 0 saturated heterocycles. The Hall–Kier alpha value is -1.15. The van der Waals surface area contributed by atoms with Crippen molar-refractivity contribution in [1.29, 1.82) is 0 Å². The molecule has 0 amide bonds. The van der Waals surface area contributed by atoms with Crippen LogP contribution in [0.3, 0.4) is 0 Å². The first-order valence-electron chi connectivity index (χ1n) is 8.45. The largest absolute Gasteiger partial charge is 0.297 e. The van der Waals surface area contributed by atoms with Crippen LogP contribution < -0.4 is 0 Å². The van der Waals surface area contributed by atoms with Crippen LogP contribution in [0.15, 0.2) is 23.2 Å². The van der Waals surface area contributed by atoms with Gasteiger partial charge >= 0.3 is 0 Å². The molecule has 2 nitrogen and oxygen atoms in total. The highest BCUT2D eigenvalue weighted by molar-refractivity contribution is 6.31. The lowest BCUT2D eigenvalue weighted by Crippen LogP contribution is -2.27. The van der Waals surface area contributed by atoms with Crippen molar-refractivity contribution in [1.82, 2.24) is 0 Å². The summed E-state index contributed by atoms with van der Waals surface area (Å²) in [7, 11) is 0. The van der Waals surface area contributed by atoms with Gasteiger partial charge in [0.05, 0.1) is 0 Å². The average molecular weight is 318 g/mol. The molecular formula is C19H24ClNO. The Morgan fingerprint density at radius 1 is 1.18 bits per heavy atom. The number of benzene rings is 1. The summed E-state index contributed by atoms with van der Waals surface area (Å²) < 4.78 is 0. The van der Waals surface area contributed by atoms with Crippen molar-refractivity contribution in [2.24, 2.45) is 16.8 Å². The zero-order valence-corrected chi connectivity index (χ0v) is 14.2. The third-order valence-corrected chi connectivity index (χ3v) is 5.18. The molecular weight excluding hydrogens is 294 g/mol. The molecule has 0 aromatic heterocycles. The van der Waals surface area contributed by atoms with Crippen LogP contribution >= 0.6 is 11.6 Å². The molecule has 3 rings (SSSR count). The van der Waals surface area contributed by atoms with E-state index in [1.165, 1.54) is 32.1 Å².